The average Bonchev–Trinajstić information content (AvgIpc) is 2.98. The van der Waals surface area contributed by atoms with Crippen molar-refractivity contribution in [2.45, 2.75) is 31.8 Å². The molecule has 1 N–H and O–H groups in total. The second-order valence-electron chi connectivity index (χ2n) is 7.47. The molecule has 1 atom stereocenters. The van der Waals surface area contributed by atoms with E-state index < -0.39 is 5.82 Å². The number of anilines is 2. The third-order valence-electron chi connectivity index (χ3n) is 5.71. The summed E-state index contributed by atoms with van der Waals surface area (Å²) in [5, 5.41) is 2.70. The van der Waals surface area contributed by atoms with Crippen LogP contribution in [0.5, 0.6) is 5.75 Å². The van der Waals surface area contributed by atoms with Crippen molar-refractivity contribution in [1.82, 2.24) is 4.90 Å². The molecule has 0 aromatic heterocycles. The Morgan fingerprint density at radius 3 is 2.76 bits per heavy atom. The minimum Gasteiger partial charge on any atom is -0.494 e. The van der Waals surface area contributed by atoms with Crippen molar-refractivity contribution in [1.29, 1.82) is 0 Å². The highest BCUT2D eigenvalue weighted by molar-refractivity contribution is 6.08. The SMILES string of the molecule is COc1ccc(NC(=O)c2ccc3c(c2)N(C)C2CCCCCN2C3=O)cc1F. The molecule has 2 aromatic rings. The molecule has 0 spiro atoms. The molecule has 2 aliphatic rings. The van der Waals surface area contributed by atoms with Gasteiger partial charge in [-0.15, -0.1) is 0 Å². The molecule has 0 bridgehead atoms. The van der Waals surface area contributed by atoms with Gasteiger partial charge in [-0.3, -0.25) is 9.59 Å². The minimum absolute atomic E-state index is 0.0199. The largest absolute Gasteiger partial charge is 0.494 e. The molecule has 4 rings (SSSR count). The summed E-state index contributed by atoms with van der Waals surface area (Å²) in [6, 6.07) is 9.35. The maximum atomic E-state index is 13.9. The van der Waals surface area contributed by atoms with Crippen molar-refractivity contribution in [2.75, 3.05) is 30.9 Å². The summed E-state index contributed by atoms with van der Waals surface area (Å²) in [6.45, 7) is 0.762. The third kappa shape index (κ3) is 3.52. The smallest absolute Gasteiger partial charge is 0.257 e. The Balaban J connectivity index is 1.60. The van der Waals surface area contributed by atoms with Gasteiger partial charge in [-0.2, -0.15) is 0 Å². The normalized spacial score (nSPS) is 18.6. The van der Waals surface area contributed by atoms with Crippen LogP contribution in [0.25, 0.3) is 0 Å². The number of amides is 2. The molecule has 7 heteroatoms. The Morgan fingerprint density at radius 1 is 1.17 bits per heavy atom. The Labute approximate surface area is 169 Å². The number of rotatable bonds is 3. The summed E-state index contributed by atoms with van der Waals surface area (Å²) >= 11 is 0. The maximum absolute atomic E-state index is 13.9. The second-order valence-corrected chi connectivity index (χ2v) is 7.47. The summed E-state index contributed by atoms with van der Waals surface area (Å²) in [6.07, 6.45) is 4.16. The molecule has 2 aliphatic heterocycles. The fourth-order valence-electron chi connectivity index (χ4n) is 4.14. The highest BCUT2D eigenvalue weighted by Crippen LogP contribution is 2.34. The Morgan fingerprint density at radius 2 is 2.00 bits per heavy atom. The van der Waals surface area contributed by atoms with Crippen LogP contribution in [0.4, 0.5) is 15.8 Å². The molecule has 1 fully saturated rings. The number of benzene rings is 2. The lowest BCUT2D eigenvalue weighted by Crippen LogP contribution is -2.53. The fraction of sp³-hybridized carbons (Fsp3) is 0.364. The average molecular weight is 397 g/mol. The van der Waals surface area contributed by atoms with Crippen LogP contribution in [0.3, 0.4) is 0 Å². The molecule has 2 aromatic carbocycles. The van der Waals surface area contributed by atoms with Crippen molar-refractivity contribution in [2.24, 2.45) is 0 Å². The molecule has 6 nitrogen and oxygen atoms in total. The highest BCUT2D eigenvalue weighted by atomic mass is 19.1. The summed E-state index contributed by atoms with van der Waals surface area (Å²) in [4.78, 5) is 29.7. The van der Waals surface area contributed by atoms with Gasteiger partial charge in [-0.05, 0) is 49.6 Å². The zero-order valence-corrected chi connectivity index (χ0v) is 16.6. The number of fused-ring (bicyclic) bond motifs is 2. The van der Waals surface area contributed by atoms with Crippen LogP contribution in [0.1, 0.15) is 46.4 Å². The first-order valence-electron chi connectivity index (χ1n) is 9.82. The highest BCUT2D eigenvalue weighted by Gasteiger charge is 2.36. The van der Waals surface area contributed by atoms with Crippen LogP contribution in [0, 0.1) is 5.82 Å². The van der Waals surface area contributed by atoms with Gasteiger partial charge >= 0.3 is 0 Å². The van der Waals surface area contributed by atoms with E-state index in [1.165, 1.54) is 19.2 Å². The Kier molecular flexibility index (Phi) is 5.13. The quantitative estimate of drug-likeness (QED) is 0.854. The van der Waals surface area contributed by atoms with Gasteiger partial charge in [0, 0.05) is 30.9 Å². The number of ether oxygens (including phenoxy) is 1. The lowest BCUT2D eigenvalue weighted by Gasteiger charge is -2.43. The van der Waals surface area contributed by atoms with Crippen LogP contribution >= 0.6 is 0 Å². The molecule has 152 valence electrons. The van der Waals surface area contributed by atoms with Crippen LogP contribution in [-0.2, 0) is 0 Å². The molecule has 1 saturated heterocycles. The van der Waals surface area contributed by atoms with Crippen molar-refractivity contribution < 1.29 is 18.7 Å². The van der Waals surface area contributed by atoms with Crippen LogP contribution in [0.2, 0.25) is 0 Å². The van der Waals surface area contributed by atoms with Gasteiger partial charge in [0.1, 0.15) is 6.17 Å². The lowest BCUT2D eigenvalue weighted by molar-refractivity contribution is 0.0661. The van der Waals surface area contributed by atoms with Gasteiger partial charge in [0.15, 0.2) is 11.6 Å². The molecule has 1 unspecified atom stereocenters. The van der Waals surface area contributed by atoms with Crippen LogP contribution < -0.4 is 15.0 Å². The predicted molar refractivity (Wildman–Crippen MR) is 109 cm³/mol. The van der Waals surface area contributed by atoms with E-state index in [2.05, 4.69) is 10.2 Å². The van der Waals surface area contributed by atoms with Crippen LogP contribution in [-0.4, -0.2) is 43.6 Å². The van der Waals surface area contributed by atoms with Crippen molar-refractivity contribution in [3.63, 3.8) is 0 Å². The molecule has 0 radical (unpaired) electrons. The molecule has 0 saturated carbocycles. The summed E-state index contributed by atoms with van der Waals surface area (Å²) in [7, 11) is 3.35. The monoisotopic (exact) mass is 397 g/mol. The van der Waals surface area contributed by atoms with Crippen molar-refractivity contribution >= 4 is 23.2 Å². The van der Waals surface area contributed by atoms with Crippen molar-refractivity contribution in [3.8, 4) is 5.75 Å². The van der Waals surface area contributed by atoms with E-state index in [0.29, 0.717) is 16.8 Å². The number of methoxy groups -OCH3 is 1. The summed E-state index contributed by atoms with van der Waals surface area (Å²) in [5.74, 6) is -0.768. The molecule has 2 heterocycles. The summed E-state index contributed by atoms with van der Waals surface area (Å²) in [5.41, 5.74) is 2.12. The molecule has 0 aliphatic carbocycles. The Hall–Kier alpha value is -3.09. The number of nitrogens with zero attached hydrogens (tertiary/aromatic N) is 2. The predicted octanol–water partition coefficient (Wildman–Crippen LogP) is 3.88. The van der Waals surface area contributed by atoms with E-state index in [4.69, 9.17) is 4.74 Å². The van der Waals surface area contributed by atoms with E-state index in [1.54, 1.807) is 24.3 Å². The zero-order valence-electron chi connectivity index (χ0n) is 16.6. The van der Waals surface area contributed by atoms with Gasteiger partial charge in [-0.25, -0.2) is 4.39 Å². The molecular weight excluding hydrogens is 373 g/mol. The lowest BCUT2D eigenvalue weighted by atomic mass is 10.0. The van der Waals surface area contributed by atoms with E-state index in [0.717, 1.165) is 37.9 Å². The second kappa shape index (κ2) is 7.73. The van der Waals surface area contributed by atoms with Crippen molar-refractivity contribution in [3.05, 3.63) is 53.3 Å². The Bertz CT molecular complexity index is 962. The standard InChI is InChI=1S/C22H24FN3O3/c1-25-18-12-14(21(27)24-15-8-10-19(29-2)17(23)13-15)7-9-16(18)22(28)26-11-5-3-4-6-20(25)26/h7-10,12-13,20H,3-6,11H2,1-2H3,(H,24,27). The van der Waals surface area contributed by atoms with Gasteiger partial charge in [0.05, 0.1) is 18.4 Å². The maximum Gasteiger partial charge on any atom is 0.257 e. The first-order chi connectivity index (χ1) is 14.0. The van der Waals surface area contributed by atoms with Gasteiger partial charge in [-0.1, -0.05) is 6.42 Å². The first kappa shape index (κ1) is 19.2. The number of carbonyl (C=O) groups is 2. The molecular formula is C22H24FN3O3. The number of halogens is 1. The third-order valence-corrected chi connectivity index (χ3v) is 5.71. The van der Waals surface area contributed by atoms with Gasteiger partial charge in [0.2, 0.25) is 0 Å². The van der Waals surface area contributed by atoms with E-state index in [-0.39, 0.29) is 23.7 Å². The topological polar surface area (TPSA) is 61.9 Å². The minimum atomic E-state index is -0.547. The fourth-order valence-corrected chi connectivity index (χ4v) is 4.14. The van der Waals surface area contributed by atoms with E-state index in [1.807, 2.05) is 11.9 Å². The molecule has 2 amide bonds. The van der Waals surface area contributed by atoms with Gasteiger partial charge in [0.25, 0.3) is 11.8 Å². The van der Waals surface area contributed by atoms with Gasteiger partial charge < -0.3 is 19.9 Å². The van der Waals surface area contributed by atoms with E-state index in [9.17, 15) is 14.0 Å². The van der Waals surface area contributed by atoms with E-state index >= 15 is 0 Å². The number of hydrogen-bond acceptors (Lipinski definition) is 4. The zero-order chi connectivity index (χ0) is 20.5. The first-order valence-corrected chi connectivity index (χ1v) is 9.82. The summed E-state index contributed by atoms with van der Waals surface area (Å²) < 4.78 is 18.8. The number of nitrogens with one attached hydrogen (secondary N) is 1. The van der Waals surface area contributed by atoms with Crippen LogP contribution in [0.15, 0.2) is 36.4 Å². The number of hydrogen-bond donors (Lipinski definition) is 1. The number of carbonyl (C=O) groups excluding carboxylic acids is 2. The molecule has 29 heavy (non-hydrogen) atoms.